The normalized spacial score (nSPS) is 22.2. The van der Waals surface area contributed by atoms with E-state index in [1.165, 1.54) is 17.5 Å². The van der Waals surface area contributed by atoms with E-state index in [-0.39, 0.29) is 5.54 Å². The van der Waals surface area contributed by atoms with E-state index in [1.54, 1.807) is 7.11 Å². The maximum Gasteiger partial charge on any atom is 0.119 e. The van der Waals surface area contributed by atoms with Crippen LogP contribution in [0.5, 0.6) is 5.75 Å². The third-order valence-corrected chi connectivity index (χ3v) is 5.41. The molecule has 0 fully saturated rings. The number of nitrogens with one attached hydrogen (secondary N) is 1. The molecule has 0 amide bonds. The van der Waals surface area contributed by atoms with Gasteiger partial charge in [0.05, 0.1) is 7.11 Å². The van der Waals surface area contributed by atoms with Crippen molar-refractivity contribution in [3.63, 3.8) is 0 Å². The summed E-state index contributed by atoms with van der Waals surface area (Å²) >= 11 is 0. The van der Waals surface area contributed by atoms with Crippen LogP contribution in [0.1, 0.15) is 50.8 Å². The molecule has 1 aliphatic carbocycles. The number of ether oxygens (including phenoxy) is 1. The number of aryl methyl sites for hydroxylation is 1. The minimum Gasteiger partial charge on any atom is -0.497 e. The highest BCUT2D eigenvalue weighted by atomic mass is 16.5. The molecule has 0 aliphatic heterocycles. The molecule has 21 heavy (non-hydrogen) atoms. The summed E-state index contributed by atoms with van der Waals surface area (Å²) in [6, 6.07) is 7.38. The van der Waals surface area contributed by atoms with Gasteiger partial charge in [0, 0.05) is 17.6 Å². The monoisotopic (exact) mass is 290 g/mol. The molecule has 2 rings (SSSR count). The van der Waals surface area contributed by atoms with E-state index >= 15 is 0 Å². The molecule has 0 bridgehead atoms. The summed E-state index contributed by atoms with van der Waals surface area (Å²) < 4.78 is 5.42. The molecule has 0 radical (unpaired) electrons. The van der Waals surface area contributed by atoms with E-state index in [4.69, 9.17) is 4.74 Å². The highest BCUT2D eigenvalue weighted by Gasteiger charge is 2.36. The van der Waals surface area contributed by atoms with Gasteiger partial charge < -0.3 is 10.1 Å². The van der Waals surface area contributed by atoms with Gasteiger partial charge in [-0.25, -0.2) is 0 Å². The van der Waals surface area contributed by atoms with Crippen molar-refractivity contribution in [2.24, 2.45) is 0 Å². The van der Waals surface area contributed by atoms with Crippen LogP contribution in [-0.2, 0) is 6.42 Å². The lowest BCUT2D eigenvalue weighted by Crippen LogP contribution is -2.53. The van der Waals surface area contributed by atoms with Gasteiger partial charge in [0.15, 0.2) is 0 Å². The molecule has 3 heteroatoms. The van der Waals surface area contributed by atoms with Crippen molar-refractivity contribution in [1.29, 1.82) is 0 Å². The molecular weight excluding hydrogens is 260 g/mol. The van der Waals surface area contributed by atoms with Crippen LogP contribution < -0.4 is 10.1 Å². The number of rotatable bonds is 5. The molecule has 2 atom stereocenters. The Kier molecular flexibility index (Phi) is 4.95. The van der Waals surface area contributed by atoms with Gasteiger partial charge in [0.1, 0.15) is 5.75 Å². The van der Waals surface area contributed by atoms with Gasteiger partial charge in [0.25, 0.3) is 0 Å². The lowest BCUT2D eigenvalue weighted by atomic mass is 9.81. The van der Waals surface area contributed by atoms with Gasteiger partial charge in [-0.3, -0.25) is 4.90 Å². The van der Waals surface area contributed by atoms with Gasteiger partial charge in [0.2, 0.25) is 0 Å². The summed E-state index contributed by atoms with van der Waals surface area (Å²) in [4.78, 5) is 2.55. The van der Waals surface area contributed by atoms with Crippen LogP contribution in [0.2, 0.25) is 0 Å². The molecule has 1 aliphatic rings. The lowest BCUT2D eigenvalue weighted by molar-refractivity contribution is 0.0660. The highest BCUT2D eigenvalue weighted by molar-refractivity contribution is 5.40. The van der Waals surface area contributed by atoms with Crippen molar-refractivity contribution in [2.75, 3.05) is 21.2 Å². The summed E-state index contributed by atoms with van der Waals surface area (Å²) in [5.41, 5.74) is 3.07. The molecule has 3 nitrogen and oxygen atoms in total. The van der Waals surface area contributed by atoms with Crippen LogP contribution in [0.25, 0.3) is 0 Å². The van der Waals surface area contributed by atoms with E-state index in [0.29, 0.717) is 12.1 Å². The second-order valence-corrected chi connectivity index (χ2v) is 6.71. The van der Waals surface area contributed by atoms with Crippen molar-refractivity contribution in [3.8, 4) is 5.75 Å². The Morgan fingerprint density at radius 3 is 2.67 bits per heavy atom. The number of hydrogen-bond donors (Lipinski definition) is 1. The molecule has 0 saturated heterocycles. The maximum absolute atomic E-state index is 5.42. The molecule has 118 valence electrons. The third-order valence-electron chi connectivity index (χ3n) is 5.41. The predicted octanol–water partition coefficient (Wildman–Crippen LogP) is 3.39. The number of nitrogens with zero attached hydrogens (tertiary/aromatic N) is 1. The topological polar surface area (TPSA) is 24.5 Å². The fourth-order valence-corrected chi connectivity index (χ4v) is 3.36. The van der Waals surface area contributed by atoms with E-state index < -0.39 is 0 Å². The third kappa shape index (κ3) is 3.09. The van der Waals surface area contributed by atoms with E-state index in [2.05, 4.69) is 63.3 Å². The second kappa shape index (κ2) is 6.37. The van der Waals surface area contributed by atoms with Crippen LogP contribution in [-0.4, -0.2) is 37.7 Å². The lowest BCUT2D eigenvalue weighted by Gasteiger charge is -2.46. The number of hydrogen-bond acceptors (Lipinski definition) is 3. The fourth-order valence-electron chi connectivity index (χ4n) is 3.36. The first-order chi connectivity index (χ1) is 9.94. The van der Waals surface area contributed by atoms with Crippen molar-refractivity contribution in [1.82, 2.24) is 10.2 Å². The van der Waals surface area contributed by atoms with Gasteiger partial charge in [-0.1, -0.05) is 13.0 Å². The van der Waals surface area contributed by atoms with Gasteiger partial charge in [-0.2, -0.15) is 0 Å². The number of fused-ring (bicyclic) bond motifs is 1. The largest absolute Gasteiger partial charge is 0.497 e. The second-order valence-electron chi connectivity index (χ2n) is 6.71. The summed E-state index contributed by atoms with van der Waals surface area (Å²) in [7, 11) is 6.07. The molecule has 0 spiro atoms. The molecular formula is C18H30N2O. The number of benzene rings is 1. The summed E-state index contributed by atoms with van der Waals surface area (Å²) in [5, 5.41) is 3.54. The zero-order valence-electron chi connectivity index (χ0n) is 14.4. The fraction of sp³-hybridized carbons (Fsp3) is 0.667. The highest BCUT2D eigenvalue weighted by Crippen LogP contribution is 2.37. The predicted molar refractivity (Wildman–Crippen MR) is 89.0 cm³/mol. The first-order valence-electron chi connectivity index (χ1n) is 8.01. The van der Waals surface area contributed by atoms with Crippen molar-refractivity contribution in [3.05, 3.63) is 29.3 Å². The SMILES string of the molecule is CCC(C)(C)N(C)C1CCc2ccc(OC)cc2C1NC. The standard InChI is InChI=1S/C18H30N2O/c1-7-18(2,3)20(5)16-11-9-13-8-10-14(21-6)12-15(13)17(16)19-4/h8,10,12,16-17,19H,7,9,11H2,1-6H3. The van der Waals surface area contributed by atoms with Crippen molar-refractivity contribution >= 4 is 0 Å². The molecule has 1 aromatic rings. The van der Waals surface area contributed by atoms with Crippen LogP contribution in [0.15, 0.2) is 18.2 Å². The zero-order chi connectivity index (χ0) is 15.6. The van der Waals surface area contributed by atoms with E-state index in [1.807, 2.05) is 0 Å². The Bertz CT molecular complexity index is 484. The number of likely N-dealkylation sites (N-methyl/N-ethyl adjacent to an activating group) is 2. The molecule has 2 unspecified atom stereocenters. The average molecular weight is 290 g/mol. The first-order valence-corrected chi connectivity index (χ1v) is 8.01. The minimum absolute atomic E-state index is 0.218. The molecule has 0 saturated carbocycles. The summed E-state index contributed by atoms with van der Waals surface area (Å²) in [6.45, 7) is 6.94. The molecule has 1 N–H and O–H groups in total. The first kappa shape index (κ1) is 16.3. The van der Waals surface area contributed by atoms with Gasteiger partial charge in [-0.05, 0) is 70.5 Å². The quantitative estimate of drug-likeness (QED) is 0.899. The Morgan fingerprint density at radius 2 is 2.10 bits per heavy atom. The van der Waals surface area contributed by atoms with Crippen molar-refractivity contribution in [2.45, 2.75) is 57.7 Å². The Morgan fingerprint density at radius 1 is 1.38 bits per heavy atom. The van der Waals surface area contributed by atoms with Crippen LogP contribution in [0.3, 0.4) is 0 Å². The Balaban J connectivity index is 2.35. The number of methoxy groups -OCH3 is 1. The van der Waals surface area contributed by atoms with Crippen molar-refractivity contribution < 1.29 is 4.74 Å². The summed E-state index contributed by atoms with van der Waals surface area (Å²) in [6.07, 6.45) is 3.50. The minimum atomic E-state index is 0.218. The average Bonchev–Trinajstić information content (AvgIpc) is 2.52. The van der Waals surface area contributed by atoms with Crippen LogP contribution in [0.4, 0.5) is 0 Å². The van der Waals surface area contributed by atoms with E-state index in [9.17, 15) is 0 Å². The molecule has 0 heterocycles. The Labute approximate surface area is 129 Å². The molecule has 0 aromatic heterocycles. The van der Waals surface area contributed by atoms with Crippen LogP contribution >= 0.6 is 0 Å². The Hall–Kier alpha value is -1.06. The van der Waals surface area contributed by atoms with Gasteiger partial charge in [-0.15, -0.1) is 0 Å². The smallest absolute Gasteiger partial charge is 0.119 e. The summed E-state index contributed by atoms with van der Waals surface area (Å²) in [5.74, 6) is 0.951. The maximum atomic E-state index is 5.42. The zero-order valence-corrected chi connectivity index (χ0v) is 14.4. The van der Waals surface area contributed by atoms with Gasteiger partial charge >= 0.3 is 0 Å². The van der Waals surface area contributed by atoms with E-state index in [0.717, 1.165) is 18.6 Å². The molecule has 1 aromatic carbocycles. The van der Waals surface area contributed by atoms with Crippen LogP contribution in [0, 0.1) is 0 Å².